The summed E-state index contributed by atoms with van der Waals surface area (Å²) in [5.41, 5.74) is 2.56. The van der Waals surface area contributed by atoms with Crippen LogP contribution in [0, 0.1) is 5.41 Å². The van der Waals surface area contributed by atoms with Gasteiger partial charge in [-0.3, -0.25) is 9.48 Å². The number of rotatable bonds is 2. The van der Waals surface area contributed by atoms with Crippen LogP contribution in [0.1, 0.15) is 50.8 Å². The monoisotopic (exact) mass is 305 g/mol. The minimum atomic E-state index is 0.0466. The number of aryl methyl sites for hydroxylation is 1. The number of nitrogens with zero attached hydrogens (tertiary/aromatic N) is 3. The van der Waals surface area contributed by atoms with E-state index in [1.807, 2.05) is 22.8 Å². The second-order valence-electron chi connectivity index (χ2n) is 7.31. The van der Waals surface area contributed by atoms with Gasteiger partial charge in [0.15, 0.2) is 0 Å². The van der Waals surface area contributed by atoms with Crippen LogP contribution in [0.4, 0.5) is 0 Å². The zero-order valence-electron chi connectivity index (χ0n) is 14.0. The molecule has 0 N–H and O–H groups in total. The number of aromatic nitrogens is 2. The Morgan fingerprint density at radius 2 is 2.27 bits per heavy atom. The molecule has 1 fully saturated rings. The maximum Gasteiger partial charge on any atom is 0.225 e. The van der Waals surface area contributed by atoms with Gasteiger partial charge in [0.1, 0.15) is 0 Å². The Bertz CT molecular complexity index is 550. The molecule has 1 saturated heterocycles. The third-order valence-electron chi connectivity index (χ3n) is 5.22. The lowest BCUT2D eigenvalue weighted by Gasteiger charge is -2.39. The van der Waals surface area contributed by atoms with Gasteiger partial charge in [0.05, 0.1) is 18.7 Å². The highest BCUT2D eigenvalue weighted by Gasteiger charge is 2.36. The number of hydrogen-bond donors (Lipinski definition) is 0. The maximum atomic E-state index is 12.7. The Morgan fingerprint density at radius 1 is 1.45 bits per heavy atom. The van der Waals surface area contributed by atoms with Gasteiger partial charge in [-0.05, 0) is 31.1 Å². The van der Waals surface area contributed by atoms with Crippen LogP contribution >= 0.6 is 0 Å². The van der Waals surface area contributed by atoms with Gasteiger partial charge in [-0.15, -0.1) is 0 Å². The second-order valence-corrected chi connectivity index (χ2v) is 7.31. The Kier molecular flexibility index (Phi) is 4.26. The predicted octanol–water partition coefficient (Wildman–Crippen LogP) is 2.29. The molecule has 1 aromatic rings. The highest BCUT2D eigenvalue weighted by Crippen LogP contribution is 2.35. The van der Waals surface area contributed by atoms with Crippen molar-refractivity contribution < 1.29 is 9.53 Å². The van der Waals surface area contributed by atoms with E-state index in [0.29, 0.717) is 13.0 Å². The molecular weight excluding hydrogens is 278 g/mol. The van der Waals surface area contributed by atoms with Crippen LogP contribution in [-0.4, -0.2) is 39.8 Å². The van der Waals surface area contributed by atoms with Crippen molar-refractivity contribution in [1.29, 1.82) is 0 Å². The summed E-state index contributed by atoms with van der Waals surface area (Å²) in [6, 6.07) is 0. The van der Waals surface area contributed by atoms with Gasteiger partial charge in [-0.25, -0.2) is 0 Å². The fourth-order valence-corrected chi connectivity index (χ4v) is 3.66. The normalized spacial score (nSPS) is 24.7. The third kappa shape index (κ3) is 3.05. The molecule has 0 spiro atoms. The standard InChI is InChI=1S/C17H27N3O2/c1-17(2)7-5-9-22-15(17)10-16(21)20-8-4-6-14-13(12-20)11-18-19(14)3/h11,15H,4-10,12H2,1-3H3. The Morgan fingerprint density at radius 3 is 3.05 bits per heavy atom. The lowest BCUT2D eigenvalue weighted by Crippen LogP contribution is -2.42. The van der Waals surface area contributed by atoms with Gasteiger partial charge in [0, 0.05) is 38.0 Å². The molecule has 1 aromatic heterocycles. The molecule has 0 radical (unpaired) electrons. The van der Waals surface area contributed by atoms with Crippen molar-refractivity contribution in [2.75, 3.05) is 13.2 Å². The van der Waals surface area contributed by atoms with Crippen molar-refractivity contribution in [3.05, 3.63) is 17.5 Å². The number of ether oxygens (including phenoxy) is 1. The summed E-state index contributed by atoms with van der Waals surface area (Å²) < 4.78 is 7.84. The van der Waals surface area contributed by atoms with Crippen LogP contribution in [-0.2, 0) is 29.5 Å². The Balaban J connectivity index is 1.67. The summed E-state index contributed by atoms with van der Waals surface area (Å²) >= 11 is 0. The topological polar surface area (TPSA) is 47.4 Å². The molecule has 22 heavy (non-hydrogen) atoms. The molecular formula is C17H27N3O2. The second kappa shape index (κ2) is 6.03. The van der Waals surface area contributed by atoms with E-state index >= 15 is 0 Å². The first kappa shape index (κ1) is 15.5. The SMILES string of the molecule is Cn1ncc2c1CCCN(C(=O)CC1OCCCC1(C)C)C2. The molecule has 1 amide bonds. The van der Waals surface area contributed by atoms with Crippen LogP contribution in [0.5, 0.6) is 0 Å². The minimum absolute atomic E-state index is 0.0466. The summed E-state index contributed by atoms with van der Waals surface area (Å²) in [5, 5.41) is 4.33. The van der Waals surface area contributed by atoms with Crippen molar-refractivity contribution >= 4 is 5.91 Å². The van der Waals surface area contributed by atoms with E-state index in [2.05, 4.69) is 18.9 Å². The number of hydrogen-bond acceptors (Lipinski definition) is 3. The molecule has 5 nitrogen and oxygen atoms in total. The molecule has 0 saturated carbocycles. The predicted molar refractivity (Wildman–Crippen MR) is 84.3 cm³/mol. The van der Waals surface area contributed by atoms with Crippen LogP contribution in [0.2, 0.25) is 0 Å². The quantitative estimate of drug-likeness (QED) is 0.842. The van der Waals surface area contributed by atoms with Crippen molar-refractivity contribution in [2.45, 2.75) is 58.6 Å². The van der Waals surface area contributed by atoms with E-state index < -0.39 is 0 Å². The molecule has 1 unspecified atom stereocenters. The highest BCUT2D eigenvalue weighted by atomic mass is 16.5. The third-order valence-corrected chi connectivity index (χ3v) is 5.22. The molecule has 1 atom stereocenters. The summed E-state index contributed by atoms with van der Waals surface area (Å²) in [6.07, 6.45) is 6.70. The van der Waals surface area contributed by atoms with E-state index in [4.69, 9.17) is 4.74 Å². The largest absolute Gasteiger partial charge is 0.377 e. The van der Waals surface area contributed by atoms with E-state index in [9.17, 15) is 4.79 Å². The van der Waals surface area contributed by atoms with Crippen LogP contribution in [0.15, 0.2) is 6.20 Å². The lowest BCUT2D eigenvalue weighted by molar-refractivity contribution is -0.141. The first-order valence-electron chi connectivity index (χ1n) is 8.36. The molecule has 122 valence electrons. The molecule has 3 heterocycles. The molecule has 0 bridgehead atoms. The number of fused-ring (bicyclic) bond motifs is 1. The number of carbonyl (C=O) groups is 1. The zero-order valence-corrected chi connectivity index (χ0v) is 14.0. The zero-order chi connectivity index (χ0) is 15.7. The maximum absolute atomic E-state index is 12.7. The first-order valence-corrected chi connectivity index (χ1v) is 8.36. The lowest BCUT2D eigenvalue weighted by atomic mass is 9.78. The Labute approximate surface area is 132 Å². The van der Waals surface area contributed by atoms with Crippen LogP contribution < -0.4 is 0 Å². The smallest absolute Gasteiger partial charge is 0.225 e. The van der Waals surface area contributed by atoms with Gasteiger partial charge in [0.25, 0.3) is 0 Å². The van der Waals surface area contributed by atoms with Crippen molar-refractivity contribution in [2.24, 2.45) is 12.5 Å². The van der Waals surface area contributed by atoms with Crippen LogP contribution in [0.3, 0.4) is 0 Å². The number of amides is 1. The molecule has 2 aliphatic rings. The van der Waals surface area contributed by atoms with E-state index in [1.54, 1.807) is 0 Å². The fraction of sp³-hybridized carbons (Fsp3) is 0.765. The van der Waals surface area contributed by atoms with Crippen molar-refractivity contribution in [3.8, 4) is 0 Å². The van der Waals surface area contributed by atoms with E-state index in [0.717, 1.165) is 38.8 Å². The summed E-state index contributed by atoms with van der Waals surface area (Å²) in [5.74, 6) is 0.219. The first-order chi connectivity index (χ1) is 10.5. The molecule has 0 aliphatic carbocycles. The van der Waals surface area contributed by atoms with Crippen molar-refractivity contribution in [3.63, 3.8) is 0 Å². The average Bonchev–Trinajstić information content (AvgIpc) is 2.70. The number of carbonyl (C=O) groups excluding carboxylic acids is 1. The van der Waals surface area contributed by atoms with Crippen LogP contribution in [0.25, 0.3) is 0 Å². The molecule has 2 aliphatic heterocycles. The minimum Gasteiger partial charge on any atom is -0.377 e. The van der Waals surface area contributed by atoms with E-state index in [-0.39, 0.29) is 17.4 Å². The average molecular weight is 305 g/mol. The highest BCUT2D eigenvalue weighted by molar-refractivity contribution is 5.77. The van der Waals surface area contributed by atoms with Crippen molar-refractivity contribution in [1.82, 2.24) is 14.7 Å². The summed E-state index contributed by atoms with van der Waals surface area (Å²) in [6.45, 7) is 6.74. The van der Waals surface area contributed by atoms with Gasteiger partial charge in [0.2, 0.25) is 5.91 Å². The van der Waals surface area contributed by atoms with Gasteiger partial charge in [-0.1, -0.05) is 13.8 Å². The Hall–Kier alpha value is -1.36. The fourth-order valence-electron chi connectivity index (χ4n) is 3.66. The summed E-state index contributed by atoms with van der Waals surface area (Å²) in [4.78, 5) is 14.7. The van der Waals surface area contributed by atoms with Gasteiger partial charge in [-0.2, -0.15) is 5.10 Å². The van der Waals surface area contributed by atoms with Gasteiger partial charge >= 0.3 is 0 Å². The van der Waals surface area contributed by atoms with Gasteiger partial charge < -0.3 is 9.64 Å². The molecule has 5 heteroatoms. The molecule has 3 rings (SSSR count). The molecule has 0 aromatic carbocycles. The summed E-state index contributed by atoms with van der Waals surface area (Å²) in [7, 11) is 1.98. The van der Waals surface area contributed by atoms with E-state index in [1.165, 1.54) is 11.3 Å².